The van der Waals surface area contributed by atoms with Crippen molar-refractivity contribution >= 4 is 0 Å². The Bertz CT molecular complexity index is 462. The van der Waals surface area contributed by atoms with Crippen molar-refractivity contribution in [2.24, 2.45) is 5.41 Å². The maximum absolute atomic E-state index is 13.7. The van der Waals surface area contributed by atoms with Crippen molar-refractivity contribution in [3.8, 4) is 0 Å². The average molecular weight is 275 g/mol. The molecule has 110 valence electrons. The first-order valence-corrected chi connectivity index (χ1v) is 8.04. The van der Waals surface area contributed by atoms with Crippen molar-refractivity contribution in [2.75, 3.05) is 0 Å². The molecule has 0 bridgehead atoms. The standard InChI is InChI=1S/C18H26FN/c1-18(2)9-5-6-14(12-18)20-15-10-13(11-15)16-7-3-4-8-17(16)19/h3-4,7-8,13-15,20H,5-6,9-12H2,1-2H3. The lowest BCUT2D eigenvalue weighted by Crippen LogP contribution is -2.48. The Morgan fingerprint density at radius 2 is 1.90 bits per heavy atom. The van der Waals surface area contributed by atoms with Crippen molar-refractivity contribution in [1.82, 2.24) is 5.32 Å². The molecule has 1 aromatic carbocycles. The molecule has 0 spiro atoms. The fourth-order valence-electron chi connectivity index (χ4n) is 3.99. The van der Waals surface area contributed by atoms with Gasteiger partial charge in [0.2, 0.25) is 0 Å². The summed E-state index contributed by atoms with van der Waals surface area (Å²) in [6.45, 7) is 4.76. The molecule has 2 fully saturated rings. The van der Waals surface area contributed by atoms with Gasteiger partial charge in [-0.1, -0.05) is 38.5 Å². The van der Waals surface area contributed by atoms with Gasteiger partial charge in [0.1, 0.15) is 5.82 Å². The van der Waals surface area contributed by atoms with Crippen LogP contribution in [-0.2, 0) is 0 Å². The van der Waals surface area contributed by atoms with E-state index in [-0.39, 0.29) is 5.82 Å². The van der Waals surface area contributed by atoms with Crippen molar-refractivity contribution in [1.29, 1.82) is 0 Å². The van der Waals surface area contributed by atoms with Crippen molar-refractivity contribution in [2.45, 2.75) is 70.4 Å². The normalized spacial score (nSPS) is 32.6. The van der Waals surface area contributed by atoms with Crippen molar-refractivity contribution in [3.63, 3.8) is 0 Å². The Morgan fingerprint density at radius 3 is 2.60 bits per heavy atom. The molecule has 2 saturated carbocycles. The van der Waals surface area contributed by atoms with E-state index in [0.29, 0.717) is 23.4 Å². The zero-order valence-electron chi connectivity index (χ0n) is 12.7. The number of halogens is 1. The molecule has 1 N–H and O–H groups in total. The molecule has 0 saturated heterocycles. The van der Waals surface area contributed by atoms with E-state index in [1.807, 2.05) is 12.1 Å². The minimum absolute atomic E-state index is 0.0326. The molecule has 2 aliphatic rings. The highest BCUT2D eigenvalue weighted by atomic mass is 19.1. The first-order valence-electron chi connectivity index (χ1n) is 8.04. The van der Waals surface area contributed by atoms with E-state index < -0.39 is 0 Å². The fourth-order valence-corrected chi connectivity index (χ4v) is 3.99. The van der Waals surface area contributed by atoms with Gasteiger partial charge in [0.25, 0.3) is 0 Å². The Morgan fingerprint density at radius 1 is 1.15 bits per heavy atom. The molecule has 1 atom stereocenters. The van der Waals surface area contributed by atoms with Gasteiger partial charge >= 0.3 is 0 Å². The van der Waals surface area contributed by atoms with Gasteiger partial charge in [-0.05, 0) is 55.1 Å². The Hall–Kier alpha value is -0.890. The van der Waals surface area contributed by atoms with Crippen LogP contribution in [0.25, 0.3) is 0 Å². The summed E-state index contributed by atoms with van der Waals surface area (Å²) in [5.74, 6) is 0.389. The van der Waals surface area contributed by atoms with Crippen LogP contribution < -0.4 is 5.32 Å². The first-order chi connectivity index (χ1) is 9.53. The molecule has 2 heteroatoms. The molecule has 0 radical (unpaired) electrons. The smallest absolute Gasteiger partial charge is 0.126 e. The highest BCUT2D eigenvalue weighted by Gasteiger charge is 2.35. The minimum atomic E-state index is -0.0326. The molecule has 1 unspecified atom stereocenters. The minimum Gasteiger partial charge on any atom is -0.311 e. The number of hydrogen-bond donors (Lipinski definition) is 1. The Kier molecular flexibility index (Phi) is 3.85. The van der Waals surface area contributed by atoms with Gasteiger partial charge in [-0.2, -0.15) is 0 Å². The predicted molar refractivity (Wildman–Crippen MR) is 81.3 cm³/mol. The first kappa shape index (κ1) is 14.1. The lowest BCUT2D eigenvalue weighted by molar-refractivity contribution is 0.164. The molecule has 0 heterocycles. The second-order valence-corrected chi connectivity index (χ2v) is 7.51. The molecular formula is C18H26FN. The zero-order chi connectivity index (χ0) is 14.2. The van der Waals surface area contributed by atoms with E-state index >= 15 is 0 Å². The van der Waals surface area contributed by atoms with E-state index in [0.717, 1.165) is 18.4 Å². The number of hydrogen-bond acceptors (Lipinski definition) is 1. The van der Waals surface area contributed by atoms with E-state index in [9.17, 15) is 4.39 Å². The van der Waals surface area contributed by atoms with Crippen molar-refractivity contribution in [3.05, 3.63) is 35.6 Å². The molecule has 0 amide bonds. The second kappa shape index (κ2) is 5.48. The molecule has 20 heavy (non-hydrogen) atoms. The summed E-state index contributed by atoms with van der Waals surface area (Å²) in [4.78, 5) is 0. The van der Waals surface area contributed by atoms with Gasteiger partial charge in [0, 0.05) is 12.1 Å². The lowest BCUT2D eigenvalue weighted by Gasteiger charge is -2.42. The Labute approximate surface area is 122 Å². The van der Waals surface area contributed by atoms with Crippen LogP contribution in [-0.4, -0.2) is 12.1 Å². The highest BCUT2D eigenvalue weighted by Crippen LogP contribution is 2.40. The third kappa shape index (κ3) is 3.06. The van der Waals surface area contributed by atoms with E-state index in [2.05, 4.69) is 19.2 Å². The van der Waals surface area contributed by atoms with Crippen LogP contribution in [0.5, 0.6) is 0 Å². The number of rotatable bonds is 3. The van der Waals surface area contributed by atoms with Gasteiger partial charge in [-0.25, -0.2) is 4.39 Å². The summed E-state index contributed by atoms with van der Waals surface area (Å²) in [7, 11) is 0. The van der Waals surface area contributed by atoms with Gasteiger partial charge in [-0.15, -0.1) is 0 Å². The molecule has 0 aliphatic heterocycles. The summed E-state index contributed by atoms with van der Waals surface area (Å²) in [5, 5.41) is 3.81. The fraction of sp³-hybridized carbons (Fsp3) is 0.667. The maximum atomic E-state index is 13.7. The second-order valence-electron chi connectivity index (χ2n) is 7.51. The number of nitrogens with one attached hydrogen (secondary N) is 1. The van der Waals surface area contributed by atoms with Crippen LogP contribution in [0.1, 0.15) is 63.9 Å². The predicted octanol–water partition coefficient (Wildman–Crippen LogP) is 4.63. The van der Waals surface area contributed by atoms with Gasteiger partial charge < -0.3 is 5.32 Å². The molecule has 0 aromatic heterocycles. The van der Waals surface area contributed by atoms with Crippen LogP contribution in [0.15, 0.2) is 24.3 Å². The van der Waals surface area contributed by atoms with Crippen LogP contribution >= 0.6 is 0 Å². The molecule has 1 aromatic rings. The van der Waals surface area contributed by atoms with E-state index in [4.69, 9.17) is 0 Å². The number of benzene rings is 1. The summed E-state index contributed by atoms with van der Waals surface area (Å²) < 4.78 is 13.7. The zero-order valence-corrected chi connectivity index (χ0v) is 12.7. The average Bonchev–Trinajstić information content (AvgIpc) is 2.33. The van der Waals surface area contributed by atoms with Crippen LogP contribution in [0, 0.1) is 11.2 Å². The summed E-state index contributed by atoms with van der Waals surface area (Å²) in [6.07, 6.45) is 7.48. The third-order valence-corrected chi connectivity index (χ3v) is 5.16. The van der Waals surface area contributed by atoms with E-state index in [1.54, 1.807) is 12.1 Å². The van der Waals surface area contributed by atoms with Crippen LogP contribution in [0.3, 0.4) is 0 Å². The van der Waals surface area contributed by atoms with Gasteiger partial charge in [0.05, 0.1) is 0 Å². The Balaban J connectivity index is 1.50. The molecule has 1 nitrogen and oxygen atoms in total. The highest BCUT2D eigenvalue weighted by molar-refractivity contribution is 5.24. The SMILES string of the molecule is CC1(C)CCCC(NC2CC(c3ccccc3F)C2)C1. The quantitative estimate of drug-likeness (QED) is 0.848. The molecule has 2 aliphatic carbocycles. The van der Waals surface area contributed by atoms with Gasteiger partial charge in [-0.3, -0.25) is 0 Å². The van der Waals surface area contributed by atoms with Crippen LogP contribution in [0.4, 0.5) is 4.39 Å². The van der Waals surface area contributed by atoms with Crippen molar-refractivity contribution < 1.29 is 4.39 Å². The lowest BCUT2D eigenvalue weighted by atomic mass is 9.72. The third-order valence-electron chi connectivity index (χ3n) is 5.16. The topological polar surface area (TPSA) is 12.0 Å². The van der Waals surface area contributed by atoms with Gasteiger partial charge in [0.15, 0.2) is 0 Å². The monoisotopic (exact) mass is 275 g/mol. The summed E-state index contributed by atoms with van der Waals surface area (Å²) in [6, 6.07) is 8.52. The largest absolute Gasteiger partial charge is 0.311 e. The summed E-state index contributed by atoms with van der Waals surface area (Å²) >= 11 is 0. The van der Waals surface area contributed by atoms with E-state index in [1.165, 1.54) is 25.7 Å². The molecular weight excluding hydrogens is 249 g/mol. The maximum Gasteiger partial charge on any atom is 0.126 e. The molecule has 3 rings (SSSR count). The summed E-state index contributed by atoms with van der Waals surface area (Å²) in [5.41, 5.74) is 1.40. The van der Waals surface area contributed by atoms with Crippen LogP contribution in [0.2, 0.25) is 0 Å².